The lowest BCUT2D eigenvalue weighted by molar-refractivity contribution is 0.0977. The van der Waals surface area contributed by atoms with Crippen LogP contribution in [0.1, 0.15) is 47.1 Å². The van der Waals surface area contributed by atoms with Gasteiger partial charge in [-0.3, -0.25) is 9.36 Å². The Kier molecular flexibility index (Phi) is 6.52. The second-order valence-corrected chi connectivity index (χ2v) is 8.71. The number of methoxy groups -OCH3 is 1. The van der Waals surface area contributed by atoms with Gasteiger partial charge in [-0.15, -0.1) is 5.10 Å². The number of nitrogens with zero attached hydrogens (tertiary/aromatic N) is 5. The Bertz CT molecular complexity index is 1410. The van der Waals surface area contributed by atoms with E-state index >= 15 is 4.39 Å². The first-order valence-corrected chi connectivity index (χ1v) is 11.3. The van der Waals surface area contributed by atoms with Gasteiger partial charge in [0, 0.05) is 30.8 Å². The largest absolute Gasteiger partial charge is 0.480 e. The minimum atomic E-state index is -0.804. The van der Waals surface area contributed by atoms with E-state index in [1.165, 1.54) is 22.6 Å². The molecule has 11 heteroatoms. The molecule has 1 N–H and O–H groups in total. The molecule has 0 spiro atoms. The fraction of sp³-hybridized carbons (Fsp3) is 0.333. The van der Waals surface area contributed by atoms with E-state index in [4.69, 9.17) is 16.3 Å². The maximum Gasteiger partial charge on any atom is 0.350 e. The van der Waals surface area contributed by atoms with E-state index in [9.17, 15) is 14.7 Å². The van der Waals surface area contributed by atoms with Crippen molar-refractivity contribution in [2.75, 3.05) is 18.6 Å². The van der Waals surface area contributed by atoms with Crippen LogP contribution in [0.4, 0.5) is 10.1 Å². The van der Waals surface area contributed by atoms with Crippen LogP contribution >= 0.6 is 11.6 Å². The van der Waals surface area contributed by atoms with E-state index in [1.54, 1.807) is 20.0 Å². The van der Waals surface area contributed by atoms with Crippen molar-refractivity contribution >= 4 is 23.2 Å². The van der Waals surface area contributed by atoms with Crippen molar-refractivity contribution in [2.24, 2.45) is 0 Å². The van der Waals surface area contributed by atoms with Gasteiger partial charge in [0.1, 0.15) is 23.1 Å². The smallest absolute Gasteiger partial charge is 0.350 e. The molecule has 1 aliphatic heterocycles. The Morgan fingerprint density at radius 2 is 2.09 bits per heavy atom. The van der Waals surface area contributed by atoms with Crippen molar-refractivity contribution < 1.29 is 19.0 Å². The number of ether oxygens (including phenoxy) is 1. The maximum atomic E-state index is 15.4. The number of hydrogen-bond acceptors (Lipinski definition) is 6. The van der Waals surface area contributed by atoms with Gasteiger partial charge in [0.25, 0.3) is 5.91 Å². The predicted octanol–water partition coefficient (Wildman–Crippen LogP) is 3.37. The van der Waals surface area contributed by atoms with Crippen LogP contribution in [-0.2, 0) is 13.2 Å². The summed E-state index contributed by atoms with van der Waals surface area (Å²) in [6.07, 6.45) is 1.55. The molecule has 1 atom stereocenters. The molecule has 0 radical (unpaired) electrons. The van der Waals surface area contributed by atoms with Crippen LogP contribution < -0.4 is 15.3 Å². The Hall–Kier alpha value is -3.50. The number of pyridine rings is 1. The number of aliphatic hydroxyl groups excluding tert-OH is 1. The molecule has 4 rings (SSSR count). The molecule has 1 aromatic carbocycles. The summed E-state index contributed by atoms with van der Waals surface area (Å²) in [7, 11) is 1.43. The number of halogens is 2. The molecule has 1 amide bonds. The van der Waals surface area contributed by atoms with Crippen molar-refractivity contribution in [3.63, 3.8) is 0 Å². The lowest BCUT2D eigenvalue weighted by Crippen LogP contribution is -2.41. The van der Waals surface area contributed by atoms with Crippen molar-refractivity contribution in [1.82, 2.24) is 19.3 Å². The van der Waals surface area contributed by atoms with Gasteiger partial charge in [-0.05, 0) is 44.0 Å². The number of hydrogen-bond donors (Lipinski definition) is 1. The zero-order valence-electron chi connectivity index (χ0n) is 19.8. The molecule has 3 heterocycles. The molecule has 35 heavy (non-hydrogen) atoms. The Morgan fingerprint density at radius 3 is 2.66 bits per heavy atom. The summed E-state index contributed by atoms with van der Waals surface area (Å²) in [6.45, 7) is 9.37. The van der Waals surface area contributed by atoms with E-state index < -0.39 is 24.0 Å². The van der Waals surface area contributed by atoms with Crippen LogP contribution in [0.25, 0.3) is 5.69 Å². The number of amides is 1. The first-order chi connectivity index (χ1) is 16.6. The predicted molar refractivity (Wildman–Crippen MR) is 129 cm³/mol. The third kappa shape index (κ3) is 3.92. The SMILES string of the molecule is C=C(C)[C@@H]1CN(c2c(C)cnc(OC)c2Cl)C(=O)c2cc(F)c(-n3nc(CO)n(CC)c3=O)cc21. The van der Waals surface area contributed by atoms with Crippen LogP contribution in [0, 0.1) is 12.7 Å². The van der Waals surface area contributed by atoms with Gasteiger partial charge in [-0.25, -0.2) is 14.2 Å². The van der Waals surface area contributed by atoms with Crippen LogP contribution in [-0.4, -0.2) is 44.0 Å². The maximum absolute atomic E-state index is 15.4. The van der Waals surface area contributed by atoms with E-state index in [2.05, 4.69) is 16.7 Å². The van der Waals surface area contributed by atoms with Gasteiger partial charge in [-0.1, -0.05) is 23.8 Å². The number of carbonyl (C=O) groups excluding carboxylic acids is 1. The number of carbonyl (C=O) groups is 1. The van der Waals surface area contributed by atoms with Crippen LogP contribution in [0.15, 0.2) is 35.3 Å². The normalized spacial score (nSPS) is 15.3. The van der Waals surface area contributed by atoms with E-state index in [-0.39, 0.29) is 47.0 Å². The van der Waals surface area contributed by atoms with Crippen molar-refractivity contribution in [3.05, 3.63) is 74.3 Å². The highest BCUT2D eigenvalue weighted by Crippen LogP contribution is 2.42. The Labute approximate surface area is 206 Å². The Morgan fingerprint density at radius 1 is 1.37 bits per heavy atom. The summed E-state index contributed by atoms with van der Waals surface area (Å²) in [6, 6.07) is 2.56. The van der Waals surface area contributed by atoms with Crippen LogP contribution in [0.5, 0.6) is 5.88 Å². The van der Waals surface area contributed by atoms with Crippen LogP contribution in [0.2, 0.25) is 5.02 Å². The lowest BCUT2D eigenvalue weighted by Gasteiger charge is -2.36. The standard InChI is InChI=1S/C24H25ClFN5O4/c1-6-29-19(11-32)28-31(24(29)34)18-8-14-15(7-17(18)26)23(33)30(10-16(14)12(2)3)21-13(4)9-27-22(35-5)20(21)25/h7-9,16,32H,2,6,10-11H2,1,3-5H3/t16-/m0/s1. The third-order valence-corrected chi connectivity index (χ3v) is 6.50. The molecule has 0 bridgehead atoms. The average molecular weight is 502 g/mol. The summed E-state index contributed by atoms with van der Waals surface area (Å²) in [5.74, 6) is -1.35. The summed E-state index contributed by atoms with van der Waals surface area (Å²) in [4.78, 5) is 32.0. The van der Waals surface area contributed by atoms with Gasteiger partial charge >= 0.3 is 5.69 Å². The number of aliphatic hydroxyl groups is 1. The second-order valence-electron chi connectivity index (χ2n) is 8.33. The molecule has 0 aliphatic carbocycles. The minimum absolute atomic E-state index is 0.108. The summed E-state index contributed by atoms with van der Waals surface area (Å²) < 4.78 is 22.8. The van der Waals surface area contributed by atoms with Gasteiger partial charge in [0.05, 0.1) is 12.8 Å². The topological polar surface area (TPSA) is 102 Å². The lowest BCUT2D eigenvalue weighted by atomic mass is 9.84. The fourth-order valence-corrected chi connectivity index (χ4v) is 4.76. The van der Waals surface area contributed by atoms with E-state index in [0.29, 0.717) is 16.8 Å². The Balaban J connectivity index is 1.91. The van der Waals surface area contributed by atoms with Gasteiger partial charge in [0.2, 0.25) is 5.88 Å². The van der Waals surface area contributed by atoms with E-state index in [1.807, 2.05) is 6.92 Å². The van der Waals surface area contributed by atoms with Gasteiger partial charge < -0.3 is 14.7 Å². The fourth-order valence-electron chi connectivity index (χ4n) is 4.39. The molecule has 2 aromatic heterocycles. The molecular formula is C24H25ClFN5O4. The summed E-state index contributed by atoms with van der Waals surface area (Å²) >= 11 is 6.52. The molecule has 0 saturated carbocycles. The molecule has 0 unspecified atom stereocenters. The summed E-state index contributed by atoms with van der Waals surface area (Å²) in [5.41, 5.74) is 1.77. The zero-order valence-corrected chi connectivity index (χ0v) is 20.6. The number of benzene rings is 1. The van der Waals surface area contributed by atoms with Crippen molar-refractivity contribution in [1.29, 1.82) is 0 Å². The molecule has 0 saturated heterocycles. The first-order valence-electron chi connectivity index (χ1n) is 10.9. The molecule has 1 aliphatic rings. The van der Waals surface area contributed by atoms with Gasteiger partial charge in [0.15, 0.2) is 5.82 Å². The second kappa shape index (κ2) is 9.27. The highest BCUT2D eigenvalue weighted by molar-refractivity contribution is 6.35. The minimum Gasteiger partial charge on any atom is -0.480 e. The van der Waals surface area contributed by atoms with Crippen molar-refractivity contribution in [2.45, 2.75) is 39.8 Å². The van der Waals surface area contributed by atoms with Crippen LogP contribution in [0.3, 0.4) is 0 Å². The molecule has 0 fully saturated rings. The monoisotopic (exact) mass is 501 g/mol. The number of aryl methyl sites for hydroxylation is 1. The quantitative estimate of drug-likeness (QED) is 0.519. The molecule has 9 nitrogen and oxygen atoms in total. The third-order valence-electron chi connectivity index (χ3n) is 6.16. The number of fused-ring (bicyclic) bond motifs is 1. The number of rotatable bonds is 6. The zero-order chi connectivity index (χ0) is 25.6. The van der Waals surface area contributed by atoms with Crippen molar-refractivity contribution in [3.8, 4) is 11.6 Å². The highest BCUT2D eigenvalue weighted by atomic mass is 35.5. The summed E-state index contributed by atoms with van der Waals surface area (Å²) in [5, 5.41) is 13.8. The van der Waals surface area contributed by atoms with E-state index in [0.717, 1.165) is 16.3 Å². The molecule has 184 valence electrons. The number of anilines is 1. The molecular weight excluding hydrogens is 477 g/mol. The van der Waals surface area contributed by atoms with Gasteiger partial charge in [-0.2, -0.15) is 4.68 Å². The first kappa shape index (κ1) is 24.6. The highest BCUT2D eigenvalue weighted by Gasteiger charge is 2.36. The molecule has 3 aromatic rings. The average Bonchev–Trinajstić information content (AvgIpc) is 3.15. The number of aromatic nitrogens is 4.